The standard InChI is InChI=1S/C21H22N2O4/c1-15-8-9-17(12-16(15)2)27-13-20(24)26-11-5-10-23-14-22-19-7-4-3-6-18(19)21(23)25/h3-4,6-9,12,14H,5,10-11,13H2,1-2H3. The van der Waals surface area contributed by atoms with Gasteiger partial charge in [0, 0.05) is 6.54 Å². The highest BCUT2D eigenvalue weighted by atomic mass is 16.6. The number of esters is 1. The van der Waals surface area contributed by atoms with Gasteiger partial charge in [-0.1, -0.05) is 18.2 Å². The maximum Gasteiger partial charge on any atom is 0.344 e. The molecule has 0 unspecified atom stereocenters. The molecule has 6 heteroatoms. The number of rotatable bonds is 7. The Morgan fingerprint density at radius 2 is 1.93 bits per heavy atom. The highest BCUT2D eigenvalue weighted by Gasteiger charge is 2.06. The number of hydrogen-bond donors (Lipinski definition) is 0. The van der Waals surface area contributed by atoms with Crippen molar-refractivity contribution in [1.82, 2.24) is 9.55 Å². The molecule has 6 nitrogen and oxygen atoms in total. The van der Waals surface area contributed by atoms with E-state index in [9.17, 15) is 9.59 Å². The fourth-order valence-electron chi connectivity index (χ4n) is 2.67. The molecule has 2 aromatic carbocycles. The molecule has 0 aliphatic rings. The van der Waals surface area contributed by atoms with Crippen LogP contribution in [0, 0.1) is 13.8 Å². The van der Waals surface area contributed by atoms with Gasteiger partial charge in [0.2, 0.25) is 0 Å². The zero-order chi connectivity index (χ0) is 19.2. The van der Waals surface area contributed by atoms with E-state index in [4.69, 9.17) is 9.47 Å². The van der Waals surface area contributed by atoms with Gasteiger partial charge in [-0.3, -0.25) is 9.36 Å². The molecule has 0 bridgehead atoms. The number of aryl methyl sites for hydroxylation is 3. The Hall–Kier alpha value is -3.15. The van der Waals surface area contributed by atoms with Crippen LogP contribution >= 0.6 is 0 Å². The van der Waals surface area contributed by atoms with Crippen molar-refractivity contribution < 1.29 is 14.3 Å². The first-order chi connectivity index (χ1) is 13.0. The molecule has 0 aliphatic heterocycles. The molecule has 0 radical (unpaired) electrons. The first-order valence-electron chi connectivity index (χ1n) is 8.84. The number of aromatic nitrogens is 2. The zero-order valence-corrected chi connectivity index (χ0v) is 15.5. The van der Waals surface area contributed by atoms with E-state index in [1.165, 1.54) is 16.5 Å². The quantitative estimate of drug-likeness (QED) is 0.475. The van der Waals surface area contributed by atoms with Crippen LogP contribution in [0.15, 0.2) is 53.6 Å². The van der Waals surface area contributed by atoms with Gasteiger partial charge in [-0.2, -0.15) is 0 Å². The van der Waals surface area contributed by atoms with Crippen LogP contribution in [-0.4, -0.2) is 28.7 Å². The van der Waals surface area contributed by atoms with E-state index in [2.05, 4.69) is 4.98 Å². The Morgan fingerprint density at radius 1 is 1.11 bits per heavy atom. The average molecular weight is 366 g/mol. The molecular formula is C21H22N2O4. The van der Waals surface area contributed by atoms with Crippen molar-refractivity contribution >= 4 is 16.9 Å². The summed E-state index contributed by atoms with van der Waals surface area (Å²) in [4.78, 5) is 28.4. The van der Waals surface area contributed by atoms with Crippen LogP contribution in [0.25, 0.3) is 10.9 Å². The predicted molar refractivity (Wildman–Crippen MR) is 103 cm³/mol. The van der Waals surface area contributed by atoms with E-state index in [1.807, 2.05) is 44.2 Å². The molecule has 0 N–H and O–H groups in total. The van der Waals surface area contributed by atoms with Gasteiger partial charge >= 0.3 is 5.97 Å². The first-order valence-corrected chi connectivity index (χ1v) is 8.84. The van der Waals surface area contributed by atoms with Crippen molar-refractivity contribution in [3.63, 3.8) is 0 Å². The third-order valence-electron chi connectivity index (χ3n) is 4.37. The van der Waals surface area contributed by atoms with Crippen molar-refractivity contribution in [2.45, 2.75) is 26.8 Å². The van der Waals surface area contributed by atoms with Crippen molar-refractivity contribution in [1.29, 1.82) is 0 Å². The molecule has 140 valence electrons. The maximum absolute atomic E-state index is 12.4. The summed E-state index contributed by atoms with van der Waals surface area (Å²) >= 11 is 0. The normalized spacial score (nSPS) is 10.7. The van der Waals surface area contributed by atoms with Crippen LogP contribution in [0.5, 0.6) is 5.75 Å². The summed E-state index contributed by atoms with van der Waals surface area (Å²) in [7, 11) is 0. The van der Waals surface area contributed by atoms with Gasteiger partial charge in [0.15, 0.2) is 6.61 Å². The SMILES string of the molecule is Cc1ccc(OCC(=O)OCCCn2cnc3ccccc3c2=O)cc1C. The molecule has 3 rings (SSSR count). The minimum atomic E-state index is -0.433. The van der Waals surface area contributed by atoms with E-state index >= 15 is 0 Å². The van der Waals surface area contributed by atoms with E-state index in [1.54, 1.807) is 12.1 Å². The summed E-state index contributed by atoms with van der Waals surface area (Å²) in [6.07, 6.45) is 2.05. The van der Waals surface area contributed by atoms with Crippen LogP contribution in [0.2, 0.25) is 0 Å². The van der Waals surface area contributed by atoms with Gasteiger partial charge in [-0.25, -0.2) is 9.78 Å². The molecule has 0 spiro atoms. The van der Waals surface area contributed by atoms with Gasteiger partial charge < -0.3 is 9.47 Å². The Balaban J connectivity index is 1.44. The summed E-state index contributed by atoms with van der Waals surface area (Å²) < 4.78 is 12.1. The molecular weight excluding hydrogens is 344 g/mol. The lowest BCUT2D eigenvalue weighted by Crippen LogP contribution is -2.22. The van der Waals surface area contributed by atoms with Crippen LogP contribution in [0.3, 0.4) is 0 Å². The Bertz CT molecular complexity index is 1010. The van der Waals surface area contributed by atoms with Gasteiger partial charge in [0.1, 0.15) is 5.75 Å². The van der Waals surface area contributed by atoms with E-state index in [-0.39, 0.29) is 18.8 Å². The topological polar surface area (TPSA) is 70.4 Å². The molecule has 0 fully saturated rings. The third kappa shape index (κ3) is 4.73. The van der Waals surface area contributed by atoms with E-state index in [0.29, 0.717) is 29.6 Å². The molecule has 0 aliphatic carbocycles. The minimum Gasteiger partial charge on any atom is -0.482 e. The highest BCUT2D eigenvalue weighted by molar-refractivity contribution is 5.76. The largest absolute Gasteiger partial charge is 0.482 e. The Labute approximate surface area is 157 Å². The molecule has 0 amide bonds. The Kier molecular flexibility index (Phi) is 5.86. The van der Waals surface area contributed by atoms with E-state index < -0.39 is 5.97 Å². The zero-order valence-electron chi connectivity index (χ0n) is 15.5. The second-order valence-corrected chi connectivity index (χ2v) is 6.37. The summed E-state index contributed by atoms with van der Waals surface area (Å²) in [5, 5.41) is 0.582. The maximum atomic E-state index is 12.4. The minimum absolute atomic E-state index is 0.0926. The monoisotopic (exact) mass is 366 g/mol. The molecule has 1 aromatic heterocycles. The van der Waals surface area contributed by atoms with E-state index in [0.717, 1.165) is 5.56 Å². The molecule has 0 saturated carbocycles. The molecule has 1 heterocycles. The smallest absolute Gasteiger partial charge is 0.344 e. The number of nitrogens with zero attached hydrogens (tertiary/aromatic N) is 2. The van der Waals surface area contributed by atoms with Gasteiger partial charge in [-0.15, -0.1) is 0 Å². The fourth-order valence-corrected chi connectivity index (χ4v) is 2.67. The summed E-state index contributed by atoms with van der Waals surface area (Å²) in [6.45, 7) is 4.52. The number of fused-ring (bicyclic) bond motifs is 1. The van der Waals surface area contributed by atoms with Crippen LogP contribution < -0.4 is 10.3 Å². The second-order valence-electron chi connectivity index (χ2n) is 6.37. The number of benzene rings is 2. The number of carbonyl (C=O) groups excluding carboxylic acids is 1. The average Bonchev–Trinajstić information content (AvgIpc) is 2.68. The predicted octanol–water partition coefficient (Wildman–Crippen LogP) is 3.03. The van der Waals surface area contributed by atoms with Gasteiger partial charge in [0.05, 0.1) is 23.8 Å². The number of para-hydroxylation sites is 1. The number of carbonyl (C=O) groups is 1. The molecule has 0 atom stereocenters. The third-order valence-corrected chi connectivity index (χ3v) is 4.37. The van der Waals surface area contributed by atoms with Crippen molar-refractivity contribution in [2.75, 3.05) is 13.2 Å². The number of hydrogen-bond acceptors (Lipinski definition) is 5. The lowest BCUT2D eigenvalue weighted by atomic mass is 10.1. The van der Waals surface area contributed by atoms with Crippen LogP contribution in [0.1, 0.15) is 17.5 Å². The van der Waals surface area contributed by atoms with Crippen molar-refractivity contribution in [3.05, 3.63) is 70.3 Å². The second kappa shape index (κ2) is 8.49. The summed E-state index contributed by atoms with van der Waals surface area (Å²) in [6, 6.07) is 12.9. The van der Waals surface area contributed by atoms with Crippen LogP contribution in [-0.2, 0) is 16.1 Å². The van der Waals surface area contributed by atoms with Crippen LogP contribution in [0.4, 0.5) is 0 Å². The lowest BCUT2D eigenvalue weighted by Gasteiger charge is -2.09. The molecule has 27 heavy (non-hydrogen) atoms. The number of ether oxygens (including phenoxy) is 2. The fraction of sp³-hybridized carbons (Fsp3) is 0.286. The molecule has 0 saturated heterocycles. The first kappa shape index (κ1) is 18.6. The Morgan fingerprint density at radius 3 is 2.74 bits per heavy atom. The molecule has 3 aromatic rings. The summed E-state index contributed by atoms with van der Waals surface area (Å²) in [5.74, 6) is 0.209. The van der Waals surface area contributed by atoms with Crippen molar-refractivity contribution in [3.8, 4) is 5.75 Å². The summed E-state index contributed by atoms with van der Waals surface area (Å²) in [5.41, 5.74) is 2.86. The van der Waals surface area contributed by atoms with Crippen molar-refractivity contribution in [2.24, 2.45) is 0 Å². The van der Waals surface area contributed by atoms with Gasteiger partial charge in [0.25, 0.3) is 5.56 Å². The lowest BCUT2D eigenvalue weighted by molar-refractivity contribution is -0.146. The highest BCUT2D eigenvalue weighted by Crippen LogP contribution is 2.16. The van der Waals surface area contributed by atoms with Gasteiger partial charge in [-0.05, 0) is 55.7 Å².